The first-order valence-corrected chi connectivity index (χ1v) is 4.16. The van der Waals surface area contributed by atoms with Crippen molar-refractivity contribution >= 4 is 16.6 Å². The highest BCUT2D eigenvalue weighted by Crippen LogP contribution is 2.20. The molecule has 0 amide bonds. The largest absolute Gasteiger partial charge is 0.398 e. The highest BCUT2D eigenvalue weighted by atomic mass is 14.7. The zero-order valence-electron chi connectivity index (χ0n) is 7.09. The van der Waals surface area contributed by atoms with E-state index in [1.54, 1.807) is 0 Å². The van der Waals surface area contributed by atoms with Crippen LogP contribution in [-0.4, -0.2) is 4.98 Å². The minimum absolute atomic E-state index is 0.882. The normalized spacial score (nSPS) is 10.8. The Labute approximate surface area is 71.4 Å². The lowest BCUT2D eigenvalue weighted by Gasteiger charge is -2.01. The zero-order chi connectivity index (χ0) is 8.55. The number of hydrogen-bond acceptors (Lipinski definition) is 1. The fourth-order valence-corrected chi connectivity index (χ4v) is 1.47. The van der Waals surface area contributed by atoms with E-state index in [0.717, 1.165) is 17.6 Å². The number of aromatic nitrogens is 1. The van der Waals surface area contributed by atoms with Crippen LogP contribution in [0.2, 0.25) is 0 Å². The van der Waals surface area contributed by atoms with Gasteiger partial charge in [0.2, 0.25) is 0 Å². The Morgan fingerprint density at radius 1 is 1.42 bits per heavy atom. The van der Waals surface area contributed by atoms with E-state index < -0.39 is 0 Å². The molecule has 0 radical (unpaired) electrons. The van der Waals surface area contributed by atoms with Gasteiger partial charge in [-0.3, -0.25) is 0 Å². The van der Waals surface area contributed by atoms with E-state index in [0.29, 0.717) is 0 Å². The average Bonchev–Trinajstić information content (AvgIpc) is 2.49. The summed E-state index contributed by atoms with van der Waals surface area (Å²) >= 11 is 0. The molecule has 0 unspecified atom stereocenters. The van der Waals surface area contributed by atoms with Gasteiger partial charge in [0.15, 0.2) is 0 Å². The molecule has 0 bridgehead atoms. The fourth-order valence-electron chi connectivity index (χ4n) is 1.47. The predicted molar refractivity (Wildman–Crippen MR) is 52.1 cm³/mol. The summed E-state index contributed by atoms with van der Waals surface area (Å²) in [6, 6.07) is 6.20. The second-order valence-electron chi connectivity index (χ2n) is 2.97. The van der Waals surface area contributed by atoms with E-state index in [4.69, 9.17) is 5.73 Å². The quantitative estimate of drug-likeness (QED) is 0.617. The van der Waals surface area contributed by atoms with Gasteiger partial charge in [-0.2, -0.15) is 0 Å². The van der Waals surface area contributed by atoms with Crippen molar-refractivity contribution in [2.75, 3.05) is 5.73 Å². The topological polar surface area (TPSA) is 41.8 Å². The molecular weight excluding hydrogens is 148 g/mol. The summed E-state index contributed by atoms with van der Waals surface area (Å²) in [5.74, 6) is 0. The van der Waals surface area contributed by atoms with Gasteiger partial charge in [0.25, 0.3) is 0 Å². The molecule has 0 aliphatic rings. The molecule has 0 aliphatic carbocycles. The Bertz CT molecular complexity index is 401. The van der Waals surface area contributed by atoms with Gasteiger partial charge in [-0.25, -0.2) is 0 Å². The number of H-pyrrole nitrogens is 1. The molecule has 3 N–H and O–H groups in total. The Morgan fingerprint density at radius 2 is 2.25 bits per heavy atom. The minimum atomic E-state index is 0.882. The third-order valence-electron chi connectivity index (χ3n) is 2.19. The van der Waals surface area contributed by atoms with Crippen LogP contribution in [0.3, 0.4) is 0 Å². The van der Waals surface area contributed by atoms with Crippen molar-refractivity contribution in [3.05, 3.63) is 30.0 Å². The van der Waals surface area contributed by atoms with Gasteiger partial charge in [0, 0.05) is 17.4 Å². The number of fused-ring (bicyclic) bond motifs is 1. The summed E-state index contributed by atoms with van der Waals surface area (Å²) in [5, 5.41) is 1.24. The maximum atomic E-state index is 5.84. The van der Waals surface area contributed by atoms with Crippen molar-refractivity contribution < 1.29 is 0 Å². The third-order valence-corrected chi connectivity index (χ3v) is 2.19. The second kappa shape index (κ2) is 2.55. The van der Waals surface area contributed by atoms with E-state index >= 15 is 0 Å². The molecule has 62 valence electrons. The lowest BCUT2D eigenvalue weighted by molar-refractivity contribution is 1.15. The van der Waals surface area contributed by atoms with Crippen LogP contribution < -0.4 is 5.73 Å². The molecule has 2 rings (SSSR count). The van der Waals surface area contributed by atoms with Gasteiger partial charge in [0.05, 0.1) is 0 Å². The first-order valence-electron chi connectivity index (χ1n) is 4.16. The van der Waals surface area contributed by atoms with Crippen molar-refractivity contribution in [3.8, 4) is 0 Å². The van der Waals surface area contributed by atoms with Gasteiger partial charge in [-0.15, -0.1) is 0 Å². The monoisotopic (exact) mass is 160 g/mol. The lowest BCUT2D eigenvalue weighted by atomic mass is 10.1. The SMILES string of the molecule is CCc1cc2cc[nH]c2cc1N. The summed E-state index contributed by atoms with van der Waals surface area (Å²) in [6.07, 6.45) is 2.93. The molecule has 2 aromatic rings. The van der Waals surface area contributed by atoms with Crippen LogP contribution in [0.1, 0.15) is 12.5 Å². The first-order chi connectivity index (χ1) is 5.81. The molecule has 0 saturated heterocycles. The van der Waals surface area contributed by atoms with Crippen LogP contribution in [0.15, 0.2) is 24.4 Å². The molecule has 2 nitrogen and oxygen atoms in total. The number of benzene rings is 1. The number of nitrogen functional groups attached to an aromatic ring is 1. The molecule has 2 heteroatoms. The van der Waals surface area contributed by atoms with Crippen LogP contribution >= 0.6 is 0 Å². The number of rotatable bonds is 1. The maximum Gasteiger partial charge on any atom is 0.0474 e. The highest BCUT2D eigenvalue weighted by Gasteiger charge is 1.99. The number of anilines is 1. The molecule has 0 fully saturated rings. The summed E-state index contributed by atoms with van der Waals surface area (Å²) in [4.78, 5) is 3.13. The van der Waals surface area contributed by atoms with E-state index in [1.807, 2.05) is 12.3 Å². The van der Waals surface area contributed by atoms with Crippen LogP contribution in [0.25, 0.3) is 10.9 Å². The van der Waals surface area contributed by atoms with Crippen molar-refractivity contribution in [2.45, 2.75) is 13.3 Å². The fraction of sp³-hybridized carbons (Fsp3) is 0.200. The van der Waals surface area contributed by atoms with Crippen molar-refractivity contribution in [3.63, 3.8) is 0 Å². The Balaban J connectivity index is 2.73. The lowest BCUT2D eigenvalue weighted by Crippen LogP contribution is -1.91. The molecular formula is C10H12N2. The number of nitrogens with two attached hydrogens (primary N) is 1. The smallest absolute Gasteiger partial charge is 0.0474 e. The third kappa shape index (κ3) is 0.961. The molecule has 1 heterocycles. The van der Waals surface area contributed by atoms with Crippen LogP contribution in [-0.2, 0) is 6.42 Å². The summed E-state index contributed by atoms with van der Waals surface area (Å²) < 4.78 is 0. The first kappa shape index (κ1) is 7.22. The van der Waals surface area contributed by atoms with Gasteiger partial charge < -0.3 is 10.7 Å². The highest BCUT2D eigenvalue weighted by molar-refractivity contribution is 5.84. The van der Waals surface area contributed by atoms with Crippen LogP contribution in [0.4, 0.5) is 5.69 Å². The molecule has 0 spiro atoms. The van der Waals surface area contributed by atoms with E-state index in [-0.39, 0.29) is 0 Å². The van der Waals surface area contributed by atoms with Gasteiger partial charge >= 0.3 is 0 Å². The van der Waals surface area contributed by atoms with Crippen molar-refractivity contribution in [1.29, 1.82) is 0 Å². The number of hydrogen-bond donors (Lipinski definition) is 2. The molecule has 0 aliphatic heterocycles. The van der Waals surface area contributed by atoms with E-state index in [2.05, 4.69) is 24.0 Å². The number of aromatic amines is 1. The Kier molecular flexibility index (Phi) is 1.54. The van der Waals surface area contributed by atoms with E-state index in [1.165, 1.54) is 10.9 Å². The minimum Gasteiger partial charge on any atom is -0.398 e. The Hall–Kier alpha value is -1.44. The maximum absolute atomic E-state index is 5.84. The van der Waals surface area contributed by atoms with Gasteiger partial charge in [0.1, 0.15) is 0 Å². The summed E-state index contributed by atoms with van der Waals surface area (Å²) in [5.41, 5.74) is 9.06. The molecule has 12 heavy (non-hydrogen) atoms. The predicted octanol–water partition coefficient (Wildman–Crippen LogP) is 2.31. The van der Waals surface area contributed by atoms with Gasteiger partial charge in [-0.1, -0.05) is 6.92 Å². The van der Waals surface area contributed by atoms with Gasteiger partial charge in [-0.05, 0) is 35.6 Å². The standard InChI is InChI=1S/C10H12N2/c1-2-7-5-8-3-4-12-10(8)6-9(7)11/h3-6,12H,2,11H2,1H3. The molecule has 1 aromatic carbocycles. The summed E-state index contributed by atoms with van der Waals surface area (Å²) in [7, 11) is 0. The zero-order valence-corrected chi connectivity index (χ0v) is 7.09. The molecule has 1 aromatic heterocycles. The van der Waals surface area contributed by atoms with Crippen LogP contribution in [0.5, 0.6) is 0 Å². The number of nitrogens with one attached hydrogen (secondary N) is 1. The van der Waals surface area contributed by atoms with Crippen molar-refractivity contribution in [2.24, 2.45) is 0 Å². The van der Waals surface area contributed by atoms with Crippen LogP contribution in [0, 0.1) is 0 Å². The van der Waals surface area contributed by atoms with Crippen molar-refractivity contribution in [1.82, 2.24) is 4.98 Å². The molecule has 0 saturated carbocycles. The number of aryl methyl sites for hydroxylation is 1. The second-order valence-corrected chi connectivity index (χ2v) is 2.97. The Morgan fingerprint density at radius 3 is 3.00 bits per heavy atom. The average molecular weight is 160 g/mol. The summed E-state index contributed by atoms with van der Waals surface area (Å²) in [6.45, 7) is 2.12. The molecule has 0 atom stereocenters. The van der Waals surface area contributed by atoms with E-state index in [9.17, 15) is 0 Å².